The maximum atomic E-state index is 12.1. The smallest absolute Gasteiger partial charge is 0.404 e. The number of nitrogens with zero attached hydrogens (tertiary/aromatic N) is 2. The fourth-order valence-electron chi connectivity index (χ4n) is 3.85. The maximum Gasteiger partial charge on any atom is 0.404 e. The monoisotopic (exact) mass is 389 g/mol. The number of aromatic amines is 1. The van der Waals surface area contributed by atoms with Crippen molar-refractivity contribution in [1.82, 2.24) is 20.7 Å². The Bertz CT molecular complexity index is 815. The minimum absolute atomic E-state index is 0.0287. The third-order valence-electron chi connectivity index (χ3n) is 5.24. The van der Waals surface area contributed by atoms with E-state index in [2.05, 4.69) is 26.0 Å². The minimum atomic E-state index is -0.970. The number of carbonyl (C=O) groups is 2. The van der Waals surface area contributed by atoms with E-state index in [0.717, 1.165) is 37.8 Å². The van der Waals surface area contributed by atoms with Gasteiger partial charge in [-0.3, -0.25) is 9.89 Å². The molecule has 4 N–H and O–H groups in total. The fraction of sp³-hybridized carbons (Fsp3) is 0.579. The van der Waals surface area contributed by atoms with Crippen molar-refractivity contribution in [2.45, 2.75) is 64.3 Å². The predicted octanol–water partition coefficient (Wildman–Crippen LogP) is 3.21. The number of nitrogens with one attached hydrogen (secondary N) is 3. The number of amides is 2. The highest BCUT2D eigenvalue weighted by molar-refractivity contribution is 5.91. The highest BCUT2D eigenvalue weighted by Gasteiger charge is 2.27. The first-order valence-electron chi connectivity index (χ1n) is 9.66. The first kappa shape index (κ1) is 19.9. The Balaban J connectivity index is 1.45. The Labute approximate surface area is 163 Å². The summed E-state index contributed by atoms with van der Waals surface area (Å²) in [7, 11) is 0. The van der Waals surface area contributed by atoms with Crippen LogP contribution in [0.5, 0.6) is 0 Å². The van der Waals surface area contributed by atoms with Crippen LogP contribution in [0.3, 0.4) is 0 Å². The number of aryl methyl sites for hydroxylation is 1. The van der Waals surface area contributed by atoms with Crippen molar-refractivity contribution >= 4 is 17.8 Å². The van der Waals surface area contributed by atoms with Crippen LogP contribution in [-0.4, -0.2) is 38.5 Å². The van der Waals surface area contributed by atoms with Crippen LogP contribution in [0.4, 0.5) is 10.6 Å². The molecule has 1 aliphatic rings. The molecule has 2 heterocycles. The van der Waals surface area contributed by atoms with Gasteiger partial charge in [-0.25, -0.2) is 4.79 Å². The van der Waals surface area contributed by atoms with Crippen molar-refractivity contribution in [3.63, 3.8) is 0 Å². The van der Waals surface area contributed by atoms with Gasteiger partial charge in [0.1, 0.15) is 5.76 Å². The summed E-state index contributed by atoms with van der Waals surface area (Å²) < 4.78 is 4.97. The second-order valence-electron chi connectivity index (χ2n) is 7.67. The predicted molar refractivity (Wildman–Crippen MR) is 102 cm³/mol. The largest absolute Gasteiger partial charge is 0.465 e. The van der Waals surface area contributed by atoms with Crippen molar-refractivity contribution in [3.05, 3.63) is 29.3 Å². The lowest BCUT2D eigenvalue weighted by Crippen LogP contribution is -2.31. The van der Waals surface area contributed by atoms with E-state index in [1.165, 1.54) is 0 Å². The van der Waals surface area contributed by atoms with Gasteiger partial charge in [-0.05, 0) is 51.9 Å². The number of rotatable bonds is 8. The van der Waals surface area contributed by atoms with Gasteiger partial charge in [0.05, 0.1) is 12.1 Å². The Hall–Kier alpha value is -2.84. The van der Waals surface area contributed by atoms with Crippen molar-refractivity contribution in [1.29, 1.82) is 0 Å². The Kier molecular flexibility index (Phi) is 6.33. The molecular weight excluding hydrogens is 362 g/mol. The van der Waals surface area contributed by atoms with E-state index in [-0.39, 0.29) is 18.4 Å². The number of H-pyrrole nitrogens is 1. The molecule has 0 radical (unpaired) electrons. The lowest BCUT2D eigenvalue weighted by atomic mass is 9.96. The zero-order chi connectivity index (χ0) is 20.1. The number of aromatic nitrogens is 3. The number of anilines is 1. The molecule has 2 aromatic heterocycles. The SMILES string of the molecule is Cc1cc(CC(=O)Nc2cc(C3CCC(CC[C@H](C)NC(=O)O)C3)[nH]n2)no1. The molecule has 2 unspecified atom stereocenters. The zero-order valence-electron chi connectivity index (χ0n) is 16.2. The zero-order valence-corrected chi connectivity index (χ0v) is 16.2. The second-order valence-corrected chi connectivity index (χ2v) is 7.67. The number of carbonyl (C=O) groups excluding carboxylic acids is 1. The minimum Gasteiger partial charge on any atom is -0.465 e. The Morgan fingerprint density at radius 3 is 2.93 bits per heavy atom. The molecule has 1 fully saturated rings. The average Bonchev–Trinajstić information content (AvgIpc) is 3.33. The maximum absolute atomic E-state index is 12.1. The van der Waals surface area contributed by atoms with Crippen molar-refractivity contribution < 1.29 is 19.2 Å². The average molecular weight is 389 g/mol. The summed E-state index contributed by atoms with van der Waals surface area (Å²) in [6.45, 7) is 3.68. The normalized spacial score (nSPS) is 20.1. The van der Waals surface area contributed by atoms with Crippen molar-refractivity contribution in [3.8, 4) is 0 Å². The molecule has 0 aromatic carbocycles. The van der Waals surface area contributed by atoms with Crippen LogP contribution in [0.15, 0.2) is 16.7 Å². The van der Waals surface area contributed by atoms with Gasteiger partial charge < -0.3 is 20.3 Å². The molecule has 0 spiro atoms. The number of carboxylic acid groups (broad SMARTS) is 1. The van der Waals surface area contributed by atoms with E-state index in [9.17, 15) is 9.59 Å². The molecule has 0 bridgehead atoms. The van der Waals surface area contributed by atoms with Gasteiger partial charge in [0, 0.05) is 29.8 Å². The molecule has 28 heavy (non-hydrogen) atoms. The molecule has 3 rings (SSSR count). The van der Waals surface area contributed by atoms with Gasteiger partial charge >= 0.3 is 6.09 Å². The van der Waals surface area contributed by atoms with E-state index < -0.39 is 6.09 Å². The fourth-order valence-corrected chi connectivity index (χ4v) is 3.85. The molecule has 0 saturated heterocycles. The van der Waals surface area contributed by atoms with Crippen LogP contribution in [0, 0.1) is 12.8 Å². The van der Waals surface area contributed by atoms with Crippen molar-refractivity contribution in [2.75, 3.05) is 5.32 Å². The molecule has 1 aliphatic carbocycles. The highest BCUT2D eigenvalue weighted by Crippen LogP contribution is 2.40. The van der Waals surface area contributed by atoms with Crippen LogP contribution in [0.2, 0.25) is 0 Å². The van der Waals surface area contributed by atoms with Gasteiger partial charge in [-0.2, -0.15) is 5.10 Å². The van der Waals surface area contributed by atoms with Crippen LogP contribution >= 0.6 is 0 Å². The van der Waals surface area contributed by atoms with Crippen LogP contribution in [0.1, 0.15) is 62.1 Å². The van der Waals surface area contributed by atoms with Crippen LogP contribution in [-0.2, 0) is 11.2 Å². The molecule has 152 valence electrons. The van der Waals surface area contributed by atoms with Crippen LogP contribution < -0.4 is 10.6 Å². The molecular formula is C19H27N5O4. The van der Waals surface area contributed by atoms with Gasteiger partial charge in [0.2, 0.25) is 5.91 Å². The molecule has 3 atom stereocenters. The summed E-state index contributed by atoms with van der Waals surface area (Å²) in [5.74, 6) is 1.98. The summed E-state index contributed by atoms with van der Waals surface area (Å²) in [6, 6.07) is 3.60. The van der Waals surface area contributed by atoms with Gasteiger partial charge in [-0.15, -0.1) is 0 Å². The van der Waals surface area contributed by atoms with E-state index >= 15 is 0 Å². The highest BCUT2D eigenvalue weighted by atomic mass is 16.5. The summed E-state index contributed by atoms with van der Waals surface area (Å²) in [4.78, 5) is 22.8. The van der Waals surface area contributed by atoms with E-state index in [0.29, 0.717) is 29.1 Å². The van der Waals surface area contributed by atoms with Gasteiger partial charge in [-0.1, -0.05) is 5.16 Å². The van der Waals surface area contributed by atoms with Gasteiger partial charge in [0.15, 0.2) is 5.82 Å². The summed E-state index contributed by atoms with van der Waals surface area (Å²) >= 11 is 0. The first-order chi connectivity index (χ1) is 13.4. The second kappa shape index (κ2) is 8.90. The van der Waals surface area contributed by atoms with Crippen LogP contribution in [0.25, 0.3) is 0 Å². The lowest BCUT2D eigenvalue weighted by Gasteiger charge is -2.14. The molecule has 9 heteroatoms. The molecule has 1 saturated carbocycles. The van der Waals surface area contributed by atoms with Crippen molar-refractivity contribution in [2.24, 2.45) is 5.92 Å². The third kappa shape index (κ3) is 5.58. The number of hydrogen-bond donors (Lipinski definition) is 4. The molecule has 0 aliphatic heterocycles. The summed E-state index contributed by atoms with van der Waals surface area (Å²) in [5, 5.41) is 25.1. The molecule has 9 nitrogen and oxygen atoms in total. The molecule has 2 aromatic rings. The topological polar surface area (TPSA) is 133 Å². The Morgan fingerprint density at radius 1 is 1.39 bits per heavy atom. The van der Waals surface area contributed by atoms with E-state index in [1.54, 1.807) is 13.0 Å². The first-order valence-corrected chi connectivity index (χ1v) is 9.66. The van der Waals surface area contributed by atoms with Gasteiger partial charge in [0.25, 0.3) is 0 Å². The third-order valence-corrected chi connectivity index (χ3v) is 5.24. The number of hydrogen-bond acceptors (Lipinski definition) is 5. The van der Waals surface area contributed by atoms with E-state index in [4.69, 9.17) is 9.63 Å². The van der Waals surface area contributed by atoms with E-state index in [1.807, 2.05) is 13.0 Å². The quantitative estimate of drug-likeness (QED) is 0.548. The summed E-state index contributed by atoms with van der Waals surface area (Å²) in [5.41, 5.74) is 1.63. The summed E-state index contributed by atoms with van der Waals surface area (Å²) in [6.07, 6.45) is 4.27. The lowest BCUT2D eigenvalue weighted by molar-refractivity contribution is -0.115. The molecule has 2 amide bonds. The standard InChI is InChI=1S/C19H27N5O4/c1-11(20-19(26)27)3-4-13-5-6-14(8-13)16-10-17(23-22-16)21-18(25)9-15-7-12(2)28-24-15/h7,10-11,13-14,20H,3-6,8-9H2,1-2H3,(H,26,27)(H2,21,22,23,25)/t11-,13?,14?/m0/s1. The Morgan fingerprint density at radius 2 is 2.21 bits per heavy atom.